The molecule has 0 saturated carbocycles. The highest BCUT2D eigenvalue weighted by Gasteiger charge is 2.14. The molecule has 0 aliphatic rings. The van der Waals surface area contributed by atoms with Crippen LogP contribution in [0.15, 0.2) is 41.3 Å². The molecule has 0 aromatic carbocycles. The number of halogens is 1. The summed E-state index contributed by atoms with van der Waals surface area (Å²) in [5.41, 5.74) is 1.99. The Morgan fingerprint density at radius 3 is 3.00 bits per heavy atom. The molecule has 2 rings (SSSR count). The molecular formula is C12H13ClN2O. The molecule has 2 aromatic heterocycles. The lowest BCUT2D eigenvalue weighted by molar-refractivity contribution is 0.547. The van der Waals surface area contributed by atoms with Crippen LogP contribution in [0.2, 0.25) is 5.02 Å². The summed E-state index contributed by atoms with van der Waals surface area (Å²) in [7, 11) is 1.90. The Labute approximate surface area is 99.5 Å². The first-order valence-electron chi connectivity index (χ1n) is 5.10. The molecule has 0 aliphatic heterocycles. The van der Waals surface area contributed by atoms with Crippen LogP contribution < -0.4 is 5.32 Å². The van der Waals surface area contributed by atoms with E-state index in [1.165, 1.54) is 0 Å². The van der Waals surface area contributed by atoms with Crippen LogP contribution in [0, 0.1) is 0 Å². The molecule has 0 fully saturated rings. The van der Waals surface area contributed by atoms with Gasteiger partial charge in [0.05, 0.1) is 29.3 Å². The Bertz CT molecular complexity index is 442. The van der Waals surface area contributed by atoms with Gasteiger partial charge in [-0.05, 0) is 37.2 Å². The SMILES string of the molecule is CNC(Cc1ccoc1)c1ncccc1Cl. The van der Waals surface area contributed by atoms with E-state index >= 15 is 0 Å². The van der Waals surface area contributed by atoms with Crippen LogP contribution >= 0.6 is 11.6 Å². The monoisotopic (exact) mass is 236 g/mol. The fraction of sp³-hybridized carbons (Fsp3) is 0.250. The normalized spacial score (nSPS) is 12.6. The van der Waals surface area contributed by atoms with Gasteiger partial charge in [0, 0.05) is 6.20 Å². The Hall–Kier alpha value is -1.32. The van der Waals surface area contributed by atoms with E-state index in [9.17, 15) is 0 Å². The van der Waals surface area contributed by atoms with Crippen molar-refractivity contribution in [2.45, 2.75) is 12.5 Å². The van der Waals surface area contributed by atoms with Gasteiger partial charge in [0.1, 0.15) is 0 Å². The van der Waals surface area contributed by atoms with E-state index in [0.29, 0.717) is 5.02 Å². The zero-order valence-electron chi connectivity index (χ0n) is 8.98. The second-order valence-electron chi connectivity index (χ2n) is 3.55. The number of nitrogens with zero attached hydrogens (tertiary/aromatic N) is 1. The molecule has 4 heteroatoms. The first-order chi connectivity index (χ1) is 7.81. The molecule has 2 heterocycles. The number of hydrogen-bond acceptors (Lipinski definition) is 3. The highest BCUT2D eigenvalue weighted by Crippen LogP contribution is 2.23. The van der Waals surface area contributed by atoms with E-state index in [-0.39, 0.29) is 6.04 Å². The van der Waals surface area contributed by atoms with Crippen molar-refractivity contribution in [3.63, 3.8) is 0 Å². The lowest BCUT2D eigenvalue weighted by atomic mass is 10.1. The fourth-order valence-corrected chi connectivity index (χ4v) is 1.89. The minimum Gasteiger partial charge on any atom is -0.472 e. The van der Waals surface area contributed by atoms with Crippen molar-refractivity contribution in [1.82, 2.24) is 10.3 Å². The zero-order valence-corrected chi connectivity index (χ0v) is 9.74. The number of aromatic nitrogens is 1. The van der Waals surface area contributed by atoms with Crippen LogP contribution in [0.4, 0.5) is 0 Å². The molecule has 0 amide bonds. The third-order valence-electron chi connectivity index (χ3n) is 2.49. The van der Waals surface area contributed by atoms with Gasteiger partial charge in [0.25, 0.3) is 0 Å². The van der Waals surface area contributed by atoms with Crippen LogP contribution in [-0.4, -0.2) is 12.0 Å². The van der Waals surface area contributed by atoms with Crippen LogP contribution in [0.3, 0.4) is 0 Å². The Morgan fingerprint density at radius 2 is 2.38 bits per heavy atom. The fourth-order valence-electron chi connectivity index (χ4n) is 1.63. The average molecular weight is 237 g/mol. The second kappa shape index (κ2) is 5.14. The first kappa shape index (κ1) is 11.2. The van der Waals surface area contributed by atoms with Crippen LogP contribution in [-0.2, 0) is 6.42 Å². The summed E-state index contributed by atoms with van der Waals surface area (Å²) in [6, 6.07) is 5.73. The van der Waals surface area contributed by atoms with Gasteiger partial charge in [0.2, 0.25) is 0 Å². The Kier molecular flexibility index (Phi) is 3.59. The summed E-state index contributed by atoms with van der Waals surface area (Å²) in [6.45, 7) is 0. The van der Waals surface area contributed by atoms with Gasteiger partial charge in [-0.1, -0.05) is 11.6 Å². The summed E-state index contributed by atoms with van der Waals surface area (Å²) < 4.78 is 5.04. The number of likely N-dealkylation sites (N-methyl/N-ethyl adjacent to an activating group) is 1. The van der Waals surface area contributed by atoms with Crippen molar-refractivity contribution in [2.75, 3.05) is 7.05 Å². The van der Waals surface area contributed by atoms with E-state index in [1.54, 1.807) is 18.7 Å². The Morgan fingerprint density at radius 1 is 1.50 bits per heavy atom. The first-order valence-corrected chi connectivity index (χ1v) is 5.48. The third kappa shape index (κ3) is 2.43. The van der Waals surface area contributed by atoms with Crippen molar-refractivity contribution in [2.24, 2.45) is 0 Å². The predicted octanol–water partition coefficient (Wildman–Crippen LogP) is 2.83. The average Bonchev–Trinajstić information content (AvgIpc) is 2.80. The van der Waals surface area contributed by atoms with Crippen LogP contribution in [0.5, 0.6) is 0 Å². The molecule has 0 spiro atoms. The summed E-state index contributed by atoms with van der Waals surface area (Å²) in [4.78, 5) is 4.30. The van der Waals surface area contributed by atoms with E-state index in [1.807, 2.05) is 25.2 Å². The smallest absolute Gasteiger partial charge is 0.0935 e. The van der Waals surface area contributed by atoms with Gasteiger partial charge in [-0.2, -0.15) is 0 Å². The molecule has 0 bridgehead atoms. The molecule has 16 heavy (non-hydrogen) atoms. The topological polar surface area (TPSA) is 38.1 Å². The molecule has 0 radical (unpaired) electrons. The summed E-state index contributed by atoms with van der Waals surface area (Å²) in [5, 5.41) is 3.89. The maximum Gasteiger partial charge on any atom is 0.0935 e. The molecule has 3 nitrogen and oxygen atoms in total. The highest BCUT2D eigenvalue weighted by atomic mass is 35.5. The van der Waals surface area contributed by atoms with E-state index in [2.05, 4.69) is 10.3 Å². The van der Waals surface area contributed by atoms with Crippen molar-refractivity contribution < 1.29 is 4.42 Å². The predicted molar refractivity (Wildman–Crippen MR) is 63.5 cm³/mol. The number of rotatable bonds is 4. The second-order valence-corrected chi connectivity index (χ2v) is 3.95. The quantitative estimate of drug-likeness (QED) is 0.887. The maximum absolute atomic E-state index is 6.11. The van der Waals surface area contributed by atoms with Crippen molar-refractivity contribution in [3.8, 4) is 0 Å². The molecule has 0 saturated heterocycles. The minimum atomic E-state index is 0.103. The lowest BCUT2D eigenvalue weighted by Crippen LogP contribution is -2.20. The van der Waals surface area contributed by atoms with Crippen molar-refractivity contribution in [1.29, 1.82) is 0 Å². The number of hydrogen-bond donors (Lipinski definition) is 1. The number of furan rings is 1. The molecular weight excluding hydrogens is 224 g/mol. The van der Waals surface area contributed by atoms with E-state index in [4.69, 9.17) is 16.0 Å². The van der Waals surface area contributed by atoms with E-state index in [0.717, 1.165) is 17.7 Å². The highest BCUT2D eigenvalue weighted by molar-refractivity contribution is 6.31. The molecule has 84 valence electrons. The summed E-state index contributed by atoms with van der Waals surface area (Å²) in [5.74, 6) is 0. The zero-order chi connectivity index (χ0) is 11.4. The number of pyridine rings is 1. The number of nitrogens with one attached hydrogen (secondary N) is 1. The van der Waals surface area contributed by atoms with Crippen LogP contribution in [0.25, 0.3) is 0 Å². The molecule has 0 aliphatic carbocycles. The Balaban J connectivity index is 2.20. The summed E-state index contributed by atoms with van der Waals surface area (Å²) >= 11 is 6.11. The molecule has 1 atom stereocenters. The van der Waals surface area contributed by atoms with Gasteiger partial charge in [-0.25, -0.2) is 0 Å². The van der Waals surface area contributed by atoms with Gasteiger partial charge < -0.3 is 9.73 Å². The van der Waals surface area contributed by atoms with E-state index < -0.39 is 0 Å². The van der Waals surface area contributed by atoms with Crippen LogP contribution in [0.1, 0.15) is 17.3 Å². The molecule has 1 N–H and O–H groups in total. The van der Waals surface area contributed by atoms with Gasteiger partial charge >= 0.3 is 0 Å². The van der Waals surface area contributed by atoms with Gasteiger partial charge in [0.15, 0.2) is 0 Å². The third-order valence-corrected chi connectivity index (χ3v) is 2.81. The standard InChI is InChI=1S/C12H13ClN2O/c1-14-11(7-9-4-6-16-8-9)12-10(13)3-2-5-15-12/h2-6,8,11,14H,7H2,1H3. The van der Waals surface area contributed by atoms with Gasteiger partial charge in [-0.15, -0.1) is 0 Å². The molecule has 2 aromatic rings. The van der Waals surface area contributed by atoms with Gasteiger partial charge in [-0.3, -0.25) is 4.98 Å². The van der Waals surface area contributed by atoms with Crippen molar-refractivity contribution >= 4 is 11.6 Å². The molecule has 1 unspecified atom stereocenters. The minimum absolute atomic E-state index is 0.103. The maximum atomic E-state index is 6.11. The van der Waals surface area contributed by atoms with Crippen molar-refractivity contribution in [3.05, 3.63) is 53.2 Å². The summed E-state index contributed by atoms with van der Waals surface area (Å²) in [6.07, 6.45) is 5.97. The lowest BCUT2D eigenvalue weighted by Gasteiger charge is -2.15. The largest absolute Gasteiger partial charge is 0.472 e.